The summed E-state index contributed by atoms with van der Waals surface area (Å²) in [6.45, 7) is 7.21. The van der Waals surface area contributed by atoms with Crippen LogP contribution >= 0.6 is 11.3 Å². The summed E-state index contributed by atoms with van der Waals surface area (Å²) in [6.07, 6.45) is 3.83. The van der Waals surface area contributed by atoms with Crippen LogP contribution in [0.3, 0.4) is 0 Å². The molecule has 0 aliphatic heterocycles. The zero-order chi connectivity index (χ0) is 25.7. The van der Waals surface area contributed by atoms with Gasteiger partial charge < -0.3 is 18.9 Å². The second kappa shape index (κ2) is 11.1. The second-order valence-electron chi connectivity index (χ2n) is 7.90. The Hall–Kier alpha value is -4.10. The molecule has 0 saturated heterocycles. The zero-order valence-electron chi connectivity index (χ0n) is 20.2. The Morgan fingerprint density at radius 2 is 1.47 bits per heavy atom. The Bertz CT molecular complexity index is 1450. The Kier molecular flexibility index (Phi) is 7.71. The molecule has 184 valence electrons. The normalized spacial score (nSPS) is 10.7. The van der Waals surface area contributed by atoms with E-state index in [9.17, 15) is 9.59 Å². The maximum atomic E-state index is 11.8. The molecule has 0 fully saturated rings. The third-order valence-corrected chi connectivity index (χ3v) is 6.97. The van der Waals surface area contributed by atoms with E-state index >= 15 is 0 Å². The number of fused-ring (bicyclic) bond motifs is 3. The number of thiophene rings is 1. The molecule has 0 bridgehead atoms. The molecule has 0 atom stereocenters. The molecule has 0 aliphatic carbocycles. The number of hydrogen-bond acceptors (Lipinski definition) is 7. The largest absolute Gasteiger partial charge is 0.495 e. The summed E-state index contributed by atoms with van der Waals surface area (Å²) in [5.74, 6) is 0.658. The molecule has 36 heavy (non-hydrogen) atoms. The molecule has 0 spiro atoms. The van der Waals surface area contributed by atoms with Crippen LogP contribution in [0.2, 0.25) is 0 Å². The van der Waals surface area contributed by atoms with Gasteiger partial charge in [0.15, 0.2) is 11.5 Å². The predicted octanol–water partition coefficient (Wildman–Crippen LogP) is 6.49. The van der Waals surface area contributed by atoms with Crippen molar-refractivity contribution < 1.29 is 28.5 Å². The molecular weight excluding hydrogens is 476 g/mol. The molecule has 0 unspecified atom stereocenters. The van der Waals surface area contributed by atoms with E-state index in [1.54, 1.807) is 20.3 Å². The van der Waals surface area contributed by atoms with E-state index in [2.05, 4.69) is 49.6 Å². The first-order valence-electron chi connectivity index (χ1n) is 11.3. The maximum absolute atomic E-state index is 11.8. The van der Waals surface area contributed by atoms with Gasteiger partial charge in [-0.1, -0.05) is 43.5 Å². The minimum atomic E-state index is -0.546. The molecule has 1 heterocycles. The third-order valence-electron chi connectivity index (χ3n) is 5.75. The van der Waals surface area contributed by atoms with E-state index < -0.39 is 11.9 Å². The highest BCUT2D eigenvalue weighted by Crippen LogP contribution is 2.49. The fourth-order valence-electron chi connectivity index (χ4n) is 4.05. The van der Waals surface area contributed by atoms with Gasteiger partial charge in [-0.3, -0.25) is 0 Å². The zero-order valence-corrected chi connectivity index (χ0v) is 21.0. The number of aryl methyl sites for hydroxylation is 1. The average molecular weight is 503 g/mol. The van der Waals surface area contributed by atoms with Gasteiger partial charge in [-0.25, -0.2) is 9.59 Å². The smallest absolute Gasteiger partial charge is 0.335 e. The second-order valence-corrected chi connectivity index (χ2v) is 8.92. The van der Waals surface area contributed by atoms with Crippen LogP contribution in [-0.2, 0) is 20.7 Å². The van der Waals surface area contributed by atoms with Gasteiger partial charge in [-0.05, 0) is 42.2 Å². The predicted molar refractivity (Wildman–Crippen MR) is 143 cm³/mol. The van der Waals surface area contributed by atoms with Crippen molar-refractivity contribution >= 4 is 43.4 Å². The highest BCUT2D eigenvalue weighted by molar-refractivity contribution is 7.26. The molecule has 6 nitrogen and oxygen atoms in total. The van der Waals surface area contributed by atoms with Crippen LogP contribution in [0.15, 0.2) is 73.8 Å². The average Bonchev–Trinajstić information content (AvgIpc) is 3.29. The lowest BCUT2D eigenvalue weighted by molar-refractivity contribution is -0.137. The van der Waals surface area contributed by atoms with E-state index in [0.717, 1.165) is 61.5 Å². The summed E-state index contributed by atoms with van der Waals surface area (Å²) in [7, 11) is 3.22. The van der Waals surface area contributed by atoms with Gasteiger partial charge in [-0.15, -0.1) is 11.3 Å². The van der Waals surface area contributed by atoms with Gasteiger partial charge in [0.2, 0.25) is 0 Å². The van der Waals surface area contributed by atoms with Gasteiger partial charge in [0.25, 0.3) is 0 Å². The van der Waals surface area contributed by atoms with Crippen molar-refractivity contribution in [2.45, 2.75) is 12.8 Å². The van der Waals surface area contributed by atoms with Crippen LogP contribution in [0.5, 0.6) is 17.2 Å². The fraction of sp³-hybridized carbons (Fsp3) is 0.172. The molecule has 0 amide bonds. The SMILES string of the molecule is C=CC(=O)OCCCc1ccc(-c2ccc3c(sc4c(OC)c(OC(=O)C=C)ccc43)c2OC)cc1. The monoisotopic (exact) mass is 502 g/mol. The molecule has 1 aromatic heterocycles. The lowest BCUT2D eigenvalue weighted by Gasteiger charge is -2.11. The topological polar surface area (TPSA) is 71.1 Å². The van der Waals surface area contributed by atoms with Gasteiger partial charge in [-0.2, -0.15) is 0 Å². The molecule has 0 aliphatic rings. The summed E-state index contributed by atoms with van der Waals surface area (Å²) < 4.78 is 23.8. The van der Waals surface area contributed by atoms with Crippen LogP contribution < -0.4 is 14.2 Å². The maximum Gasteiger partial charge on any atom is 0.335 e. The molecule has 0 saturated carbocycles. The minimum Gasteiger partial charge on any atom is -0.495 e. The van der Waals surface area contributed by atoms with Gasteiger partial charge in [0, 0.05) is 28.5 Å². The van der Waals surface area contributed by atoms with Crippen molar-refractivity contribution in [1.29, 1.82) is 0 Å². The first-order chi connectivity index (χ1) is 17.5. The van der Waals surface area contributed by atoms with E-state index in [-0.39, 0.29) is 0 Å². The van der Waals surface area contributed by atoms with E-state index in [4.69, 9.17) is 18.9 Å². The Morgan fingerprint density at radius 3 is 2.11 bits per heavy atom. The molecular formula is C29H26O6S. The van der Waals surface area contributed by atoms with Crippen molar-refractivity contribution in [3.63, 3.8) is 0 Å². The fourth-order valence-corrected chi connectivity index (χ4v) is 5.39. The number of esters is 2. The molecule has 4 aromatic rings. The van der Waals surface area contributed by atoms with Crippen molar-refractivity contribution in [2.24, 2.45) is 0 Å². The Labute approximate surface area is 213 Å². The summed E-state index contributed by atoms with van der Waals surface area (Å²) in [5.41, 5.74) is 3.16. The van der Waals surface area contributed by atoms with Crippen molar-refractivity contribution in [3.8, 4) is 28.4 Å². The van der Waals surface area contributed by atoms with Gasteiger partial charge >= 0.3 is 11.9 Å². The van der Waals surface area contributed by atoms with E-state index in [1.165, 1.54) is 17.4 Å². The Balaban J connectivity index is 1.67. The highest BCUT2D eigenvalue weighted by atomic mass is 32.1. The van der Waals surface area contributed by atoms with Gasteiger partial charge in [0.1, 0.15) is 5.75 Å². The first-order valence-corrected chi connectivity index (χ1v) is 12.1. The lowest BCUT2D eigenvalue weighted by atomic mass is 10.00. The highest BCUT2D eigenvalue weighted by Gasteiger charge is 2.20. The molecule has 4 rings (SSSR count). The minimum absolute atomic E-state index is 0.343. The van der Waals surface area contributed by atoms with Crippen LogP contribution in [0.25, 0.3) is 31.3 Å². The number of methoxy groups -OCH3 is 2. The summed E-state index contributed by atoms with van der Waals surface area (Å²) in [6, 6.07) is 16.0. The van der Waals surface area contributed by atoms with Crippen molar-refractivity contribution in [2.75, 3.05) is 20.8 Å². The number of carbonyl (C=O) groups is 2. The van der Waals surface area contributed by atoms with Crippen molar-refractivity contribution in [3.05, 3.63) is 79.4 Å². The molecule has 0 radical (unpaired) electrons. The molecule has 3 aromatic carbocycles. The van der Waals surface area contributed by atoms with Gasteiger partial charge in [0.05, 0.1) is 30.2 Å². The summed E-state index contributed by atoms with van der Waals surface area (Å²) >= 11 is 1.53. The van der Waals surface area contributed by atoms with E-state index in [1.807, 2.05) is 6.07 Å². The number of ether oxygens (including phenoxy) is 4. The van der Waals surface area contributed by atoms with Crippen LogP contribution in [-0.4, -0.2) is 32.8 Å². The van der Waals surface area contributed by atoms with Crippen LogP contribution in [0.1, 0.15) is 12.0 Å². The van der Waals surface area contributed by atoms with Crippen LogP contribution in [0.4, 0.5) is 0 Å². The van der Waals surface area contributed by atoms with Crippen molar-refractivity contribution in [1.82, 2.24) is 0 Å². The number of benzene rings is 3. The molecule has 0 N–H and O–H groups in total. The quantitative estimate of drug-likeness (QED) is 0.107. The number of rotatable bonds is 10. The Morgan fingerprint density at radius 1 is 0.833 bits per heavy atom. The van der Waals surface area contributed by atoms with E-state index in [0.29, 0.717) is 18.1 Å². The number of carbonyl (C=O) groups excluding carboxylic acids is 2. The summed E-state index contributed by atoms with van der Waals surface area (Å²) in [4.78, 5) is 22.9. The van der Waals surface area contributed by atoms with Crippen LogP contribution in [0, 0.1) is 0 Å². The summed E-state index contributed by atoms with van der Waals surface area (Å²) in [5, 5.41) is 2.02. The standard InChI is InChI=1S/C29H26O6S/c1-5-24(30)34-17-7-8-18-9-11-19(12-10-18)20-13-14-21-22-15-16-23(35-25(31)6-2)27(33-4)29(22)36-28(21)26(20)32-3/h5-6,9-16H,1-2,7-8,17H2,3-4H3. The lowest BCUT2D eigenvalue weighted by Crippen LogP contribution is -2.04. The third kappa shape index (κ3) is 4.97. The first kappa shape index (κ1) is 25.0. The molecule has 7 heteroatoms. The number of hydrogen-bond donors (Lipinski definition) is 0.